The van der Waals surface area contributed by atoms with Crippen LogP contribution in [0.15, 0.2) is 54.7 Å². The van der Waals surface area contributed by atoms with Crippen molar-refractivity contribution >= 4 is 34.8 Å². The Balaban J connectivity index is 1.77. The highest BCUT2D eigenvalue weighted by Gasteiger charge is 2.10. The van der Waals surface area contributed by atoms with Crippen molar-refractivity contribution < 1.29 is 9.18 Å². The summed E-state index contributed by atoms with van der Waals surface area (Å²) in [7, 11) is 0. The van der Waals surface area contributed by atoms with Crippen LogP contribution in [0.3, 0.4) is 0 Å². The molecule has 0 aliphatic rings. The summed E-state index contributed by atoms with van der Waals surface area (Å²) in [5.41, 5.74) is 2.22. The molecule has 1 amide bonds. The molecule has 3 aromatic rings. The minimum atomic E-state index is -0.455. The van der Waals surface area contributed by atoms with Crippen LogP contribution in [-0.4, -0.2) is 15.9 Å². The number of anilines is 3. The third-order valence-electron chi connectivity index (χ3n) is 3.41. The van der Waals surface area contributed by atoms with E-state index < -0.39 is 11.7 Å². The number of halogens is 2. The van der Waals surface area contributed by atoms with Crippen LogP contribution in [0.4, 0.5) is 21.7 Å². The first-order chi connectivity index (χ1) is 12.0. The molecule has 5 nitrogen and oxygen atoms in total. The van der Waals surface area contributed by atoms with Gasteiger partial charge in [0.15, 0.2) is 0 Å². The van der Waals surface area contributed by atoms with Gasteiger partial charge in [0.25, 0.3) is 5.91 Å². The average Bonchev–Trinajstić information content (AvgIpc) is 2.58. The molecule has 0 saturated heterocycles. The number of carbonyl (C=O) groups excluding carboxylic acids is 1. The second-order valence-electron chi connectivity index (χ2n) is 5.31. The zero-order valence-corrected chi connectivity index (χ0v) is 14.0. The number of aryl methyl sites for hydroxylation is 1. The molecule has 1 heterocycles. The van der Waals surface area contributed by atoms with Crippen LogP contribution in [0.25, 0.3) is 0 Å². The number of rotatable bonds is 4. The van der Waals surface area contributed by atoms with Crippen molar-refractivity contribution in [3.8, 4) is 0 Å². The maximum absolute atomic E-state index is 13.2. The van der Waals surface area contributed by atoms with E-state index in [-0.39, 0.29) is 11.6 Å². The molecule has 126 valence electrons. The Morgan fingerprint density at radius 3 is 2.76 bits per heavy atom. The summed E-state index contributed by atoms with van der Waals surface area (Å²) in [5, 5.41) is 6.27. The highest BCUT2D eigenvalue weighted by molar-refractivity contribution is 6.30. The van der Waals surface area contributed by atoms with Gasteiger partial charge in [-0.25, -0.2) is 14.4 Å². The highest BCUT2D eigenvalue weighted by atomic mass is 35.5. The molecule has 2 N–H and O–H groups in total. The second-order valence-corrected chi connectivity index (χ2v) is 5.75. The van der Waals surface area contributed by atoms with Crippen LogP contribution in [0.2, 0.25) is 5.02 Å². The molecule has 25 heavy (non-hydrogen) atoms. The standard InChI is InChI=1S/C18H14ClFN4O/c1-11-9-12(19)5-6-15(11)23-18-21-8-7-16(24-18)17(25)22-14-4-2-3-13(20)10-14/h2-10H,1H3,(H,22,25)(H,21,23,24). The van der Waals surface area contributed by atoms with Crippen molar-refractivity contribution in [1.82, 2.24) is 9.97 Å². The van der Waals surface area contributed by atoms with Gasteiger partial charge in [-0.15, -0.1) is 0 Å². The van der Waals surface area contributed by atoms with Gasteiger partial charge in [-0.2, -0.15) is 0 Å². The van der Waals surface area contributed by atoms with E-state index in [0.717, 1.165) is 11.3 Å². The molecule has 0 atom stereocenters. The Morgan fingerprint density at radius 2 is 2.00 bits per heavy atom. The van der Waals surface area contributed by atoms with Crippen molar-refractivity contribution in [2.75, 3.05) is 10.6 Å². The monoisotopic (exact) mass is 356 g/mol. The first kappa shape index (κ1) is 16.9. The van der Waals surface area contributed by atoms with Crippen molar-refractivity contribution in [3.63, 3.8) is 0 Å². The van der Waals surface area contributed by atoms with Crippen molar-refractivity contribution in [2.45, 2.75) is 6.92 Å². The first-order valence-electron chi connectivity index (χ1n) is 7.44. The lowest BCUT2D eigenvalue weighted by Gasteiger charge is -2.09. The second kappa shape index (κ2) is 7.27. The molecule has 0 aliphatic carbocycles. The lowest BCUT2D eigenvalue weighted by Crippen LogP contribution is -2.15. The molecule has 0 fully saturated rings. The largest absolute Gasteiger partial charge is 0.324 e. The van der Waals surface area contributed by atoms with Gasteiger partial charge in [0, 0.05) is 22.6 Å². The van der Waals surface area contributed by atoms with Crippen LogP contribution >= 0.6 is 11.6 Å². The van der Waals surface area contributed by atoms with Gasteiger partial charge in [-0.1, -0.05) is 17.7 Å². The fourth-order valence-electron chi connectivity index (χ4n) is 2.19. The van der Waals surface area contributed by atoms with Crippen molar-refractivity contribution in [3.05, 3.63) is 76.8 Å². The van der Waals surface area contributed by atoms with E-state index in [9.17, 15) is 9.18 Å². The number of nitrogens with one attached hydrogen (secondary N) is 2. The third-order valence-corrected chi connectivity index (χ3v) is 3.64. The fourth-order valence-corrected chi connectivity index (χ4v) is 2.42. The Morgan fingerprint density at radius 1 is 1.16 bits per heavy atom. The summed E-state index contributed by atoms with van der Waals surface area (Å²) in [5.74, 6) is -0.609. The SMILES string of the molecule is Cc1cc(Cl)ccc1Nc1nccc(C(=O)Nc2cccc(F)c2)n1. The number of aromatic nitrogens is 2. The molecular formula is C18H14ClFN4O. The van der Waals surface area contributed by atoms with E-state index in [1.54, 1.807) is 18.2 Å². The fraction of sp³-hybridized carbons (Fsp3) is 0.0556. The van der Waals surface area contributed by atoms with E-state index in [1.807, 2.05) is 13.0 Å². The quantitative estimate of drug-likeness (QED) is 0.718. The molecule has 1 aromatic heterocycles. The van der Waals surface area contributed by atoms with Gasteiger partial charge >= 0.3 is 0 Å². The Labute approximate surface area is 148 Å². The molecular weight excluding hydrogens is 343 g/mol. The van der Waals surface area contributed by atoms with Gasteiger partial charge in [0.05, 0.1) is 0 Å². The number of hydrogen-bond donors (Lipinski definition) is 2. The minimum Gasteiger partial charge on any atom is -0.324 e. The molecule has 0 unspecified atom stereocenters. The first-order valence-corrected chi connectivity index (χ1v) is 7.82. The summed E-state index contributed by atoms with van der Waals surface area (Å²) in [4.78, 5) is 20.6. The van der Waals surface area contributed by atoms with Gasteiger partial charge in [-0.3, -0.25) is 4.79 Å². The summed E-state index contributed by atoms with van der Waals surface area (Å²) >= 11 is 5.94. The van der Waals surface area contributed by atoms with E-state index in [2.05, 4.69) is 20.6 Å². The van der Waals surface area contributed by atoms with E-state index in [1.165, 1.54) is 30.5 Å². The summed E-state index contributed by atoms with van der Waals surface area (Å²) < 4.78 is 13.2. The molecule has 2 aromatic carbocycles. The normalized spacial score (nSPS) is 10.4. The predicted octanol–water partition coefficient (Wildman–Crippen LogP) is 4.57. The number of hydrogen-bond acceptors (Lipinski definition) is 4. The topological polar surface area (TPSA) is 66.9 Å². The summed E-state index contributed by atoms with van der Waals surface area (Å²) in [6, 6.07) is 12.5. The van der Waals surface area contributed by atoms with Gasteiger partial charge in [0.2, 0.25) is 5.95 Å². The zero-order valence-electron chi connectivity index (χ0n) is 13.3. The highest BCUT2D eigenvalue weighted by Crippen LogP contribution is 2.22. The maximum Gasteiger partial charge on any atom is 0.274 e. The molecule has 0 radical (unpaired) electrons. The molecule has 0 spiro atoms. The van der Waals surface area contributed by atoms with Crippen LogP contribution in [0.5, 0.6) is 0 Å². The van der Waals surface area contributed by atoms with Crippen LogP contribution in [0, 0.1) is 12.7 Å². The predicted molar refractivity (Wildman–Crippen MR) is 95.9 cm³/mol. The molecule has 0 saturated carbocycles. The summed E-state index contributed by atoms with van der Waals surface area (Å²) in [6.45, 7) is 1.90. The van der Waals surface area contributed by atoms with E-state index in [4.69, 9.17) is 11.6 Å². The Kier molecular flexibility index (Phi) is 4.90. The molecule has 0 bridgehead atoms. The maximum atomic E-state index is 13.2. The van der Waals surface area contributed by atoms with Gasteiger partial charge in [0.1, 0.15) is 11.5 Å². The number of benzene rings is 2. The minimum absolute atomic E-state index is 0.161. The molecule has 7 heteroatoms. The Bertz CT molecular complexity index is 932. The lowest BCUT2D eigenvalue weighted by molar-refractivity contribution is 0.102. The number of carbonyl (C=O) groups is 1. The van der Waals surface area contributed by atoms with Crippen LogP contribution in [0.1, 0.15) is 16.1 Å². The van der Waals surface area contributed by atoms with Crippen molar-refractivity contribution in [1.29, 1.82) is 0 Å². The molecule has 0 aliphatic heterocycles. The van der Waals surface area contributed by atoms with E-state index >= 15 is 0 Å². The molecule has 3 rings (SSSR count). The van der Waals surface area contributed by atoms with Gasteiger partial charge in [-0.05, 0) is 55.0 Å². The smallest absolute Gasteiger partial charge is 0.274 e. The van der Waals surface area contributed by atoms with Crippen molar-refractivity contribution in [2.24, 2.45) is 0 Å². The zero-order chi connectivity index (χ0) is 17.8. The van der Waals surface area contributed by atoms with Crippen LogP contribution in [-0.2, 0) is 0 Å². The number of amides is 1. The lowest BCUT2D eigenvalue weighted by atomic mass is 10.2. The van der Waals surface area contributed by atoms with E-state index in [0.29, 0.717) is 10.7 Å². The average molecular weight is 357 g/mol. The summed E-state index contributed by atoms with van der Waals surface area (Å²) in [6.07, 6.45) is 1.47. The van der Waals surface area contributed by atoms with Crippen LogP contribution < -0.4 is 10.6 Å². The van der Waals surface area contributed by atoms with Gasteiger partial charge < -0.3 is 10.6 Å². The Hall–Kier alpha value is -2.99. The number of nitrogens with zero attached hydrogens (tertiary/aromatic N) is 2. The third kappa shape index (κ3) is 4.30.